The number of carbonyl (C=O) groups excluding carboxylic acids is 1. The van der Waals surface area contributed by atoms with Crippen LogP contribution in [0.4, 0.5) is 0 Å². The number of halogens is 1. The zero-order chi connectivity index (χ0) is 16.4. The molecule has 1 saturated carbocycles. The first kappa shape index (κ1) is 16.0. The maximum Gasteiger partial charge on any atom is 0.273 e. The van der Waals surface area contributed by atoms with E-state index in [0.29, 0.717) is 16.4 Å². The van der Waals surface area contributed by atoms with Gasteiger partial charge in [-0.3, -0.25) is 4.79 Å². The van der Waals surface area contributed by atoms with Gasteiger partial charge in [-0.05, 0) is 56.7 Å². The first-order chi connectivity index (χ1) is 11.0. The third-order valence-electron chi connectivity index (χ3n) is 4.51. The van der Waals surface area contributed by atoms with Crippen LogP contribution in [0.25, 0.3) is 5.69 Å². The van der Waals surface area contributed by atoms with Crippen molar-refractivity contribution in [1.82, 2.24) is 20.3 Å². The zero-order valence-electron chi connectivity index (χ0n) is 13.4. The minimum atomic E-state index is -0.143. The molecular formula is C17H21ClN4O. The topological polar surface area (TPSA) is 59.8 Å². The minimum Gasteiger partial charge on any atom is -0.348 e. The molecule has 23 heavy (non-hydrogen) atoms. The number of nitrogens with zero attached hydrogens (tertiary/aromatic N) is 3. The van der Waals surface area contributed by atoms with Gasteiger partial charge >= 0.3 is 0 Å². The van der Waals surface area contributed by atoms with Crippen LogP contribution in [0.1, 0.15) is 48.8 Å². The zero-order valence-corrected chi connectivity index (χ0v) is 14.2. The van der Waals surface area contributed by atoms with Crippen LogP contribution in [-0.2, 0) is 0 Å². The second-order valence-electron chi connectivity index (χ2n) is 6.35. The molecule has 0 spiro atoms. The van der Waals surface area contributed by atoms with Gasteiger partial charge in [0, 0.05) is 11.1 Å². The van der Waals surface area contributed by atoms with Crippen LogP contribution in [0.5, 0.6) is 0 Å². The molecule has 1 aliphatic carbocycles. The van der Waals surface area contributed by atoms with E-state index in [0.717, 1.165) is 24.4 Å². The highest BCUT2D eigenvalue weighted by atomic mass is 35.5. The third kappa shape index (κ3) is 3.55. The molecule has 6 heteroatoms. The standard InChI is InChI=1S/C17H21ClN4O/c1-11-6-8-14(9-7-11)19-17(23)16-12(2)22(21-20-16)15-5-3-4-13(18)10-15/h3-5,10-11,14H,6-9H2,1-2H3,(H,19,23). The first-order valence-corrected chi connectivity index (χ1v) is 8.41. The number of rotatable bonds is 3. The maximum atomic E-state index is 12.5. The molecule has 5 nitrogen and oxygen atoms in total. The SMILES string of the molecule is Cc1c(C(=O)NC2CCC(C)CC2)nnn1-c1cccc(Cl)c1. The second-order valence-corrected chi connectivity index (χ2v) is 6.78. The molecule has 0 atom stereocenters. The fourth-order valence-corrected chi connectivity index (χ4v) is 3.23. The fourth-order valence-electron chi connectivity index (χ4n) is 3.05. The van der Waals surface area contributed by atoms with Crippen molar-refractivity contribution >= 4 is 17.5 Å². The quantitative estimate of drug-likeness (QED) is 0.935. The lowest BCUT2D eigenvalue weighted by molar-refractivity contribution is 0.0917. The van der Waals surface area contributed by atoms with Crippen molar-refractivity contribution in [2.45, 2.75) is 45.6 Å². The lowest BCUT2D eigenvalue weighted by Gasteiger charge is -2.26. The Morgan fingerprint density at radius 1 is 1.30 bits per heavy atom. The van der Waals surface area contributed by atoms with Crippen LogP contribution >= 0.6 is 11.6 Å². The van der Waals surface area contributed by atoms with Gasteiger partial charge in [0.15, 0.2) is 5.69 Å². The number of amides is 1. The van der Waals surface area contributed by atoms with E-state index in [1.165, 1.54) is 12.8 Å². The van der Waals surface area contributed by atoms with Crippen LogP contribution in [-0.4, -0.2) is 26.9 Å². The number of aromatic nitrogens is 3. The lowest BCUT2D eigenvalue weighted by Crippen LogP contribution is -2.37. The summed E-state index contributed by atoms with van der Waals surface area (Å²) in [6.45, 7) is 4.11. The van der Waals surface area contributed by atoms with Crippen molar-refractivity contribution in [2.24, 2.45) is 5.92 Å². The Kier molecular flexibility index (Phi) is 4.66. The molecule has 3 rings (SSSR count). The summed E-state index contributed by atoms with van der Waals surface area (Å²) in [5.74, 6) is 0.615. The summed E-state index contributed by atoms with van der Waals surface area (Å²) in [7, 11) is 0. The molecule has 0 radical (unpaired) electrons. The van der Waals surface area contributed by atoms with Crippen molar-refractivity contribution in [3.63, 3.8) is 0 Å². The molecular weight excluding hydrogens is 312 g/mol. The molecule has 1 aliphatic rings. The predicted molar refractivity (Wildman–Crippen MR) is 90.0 cm³/mol. The maximum absolute atomic E-state index is 12.5. The van der Waals surface area contributed by atoms with Gasteiger partial charge in [-0.1, -0.05) is 29.8 Å². The van der Waals surface area contributed by atoms with Crippen LogP contribution in [0, 0.1) is 12.8 Å². The first-order valence-electron chi connectivity index (χ1n) is 8.03. The Hall–Kier alpha value is -1.88. The van der Waals surface area contributed by atoms with E-state index in [9.17, 15) is 4.79 Å². The summed E-state index contributed by atoms with van der Waals surface area (Å²) in [5.41, 5.74) is 1.89. The third-order valence-corrected chi connectivity index (χ3v) is 4.75. The number of hydrogen-bond acceptors (Lipinski definition) is 3. The summed E-state index contributed by atoms with van der Waals surface area (Å²) in [4.78, 5) is 12.5. The molecule has 0 unspecified atom stereocenters. The van der Waals surface area contributed by atoms with E-state index < -0.39 is 0 Å². The number of hydrogen-bond donors (Lipinski definition) is 1. The molecule has 0 saturated heterocycles. The van der Waals surface area contributed by atoms with Gasteiger partial charge < -0.3 is 5.32 Å². The van der Waals surface area contributed by atoms with Crippen molar-refractivity contribution in [3.8, 4) is 5.69 Å². The molecule has 1 N–H and O–H groups in total. The highest BCUT2D eigenvalue weighted by Crippen LogP contribution is 2.24. The Morgan fingerprint density at radius 2 is 2.04 bits per heavy atom. The van der Waals surface area contributed by atoms with E-state index in [1.807, 2.05) is 19.1 Å². The van der Waals surface area contributed by atoms with Gasteiger partial charge in [-0.15, -0.1) is 5.10 Å². The van der Waals surface area contributed by atoms with Crippen molar-refractivity contribution in [1.29, 1.82) is 0 Å². The highest BCUT2D eigenvalue weighted by Gasteiger charge is 2.23. The van der Waals surface area contributed by atoms with Crippen molar-refractivity contribution < 1.29 is 4.79 Å². The van der Waals surface area contributed by atoms with Crippen LogP contribution in [0.3, 0.4) is 0 Å². The largest absolute Gasteiger partial charge is 0.348 e. The van der Waals surface area contributed by atoms with Gasteiger partial charge in [-0.2, -0.15) is 0 Å². The average molecular weight is 333 g/mol. The van der Waals surface area contributed by atoms with Gasteiger partial charge in [-0.25, -0.2) is 4.68 Å². The van der Waals surface area contributed by atoms with Gasteiger partial charge in [0.1, 0.15) is 0 Å². The van der Waals surface area contributed by atoms with Gasteiger partial charge in [0.05, 0.1) is 11.4 Å². The smallest absolute Gasteiger partial charge is 0.273 e. The molecule has 1 aromatic heterocycles. The lowest BCUT2D eigenvalue weighted by atomic mass is 9.87. The Morgan fingerprint density at radius 3 is 2.74 bits per heavy atom. The van der Waals surface area contributed by atoms with E-state index in [1.54, 1.807) is 16.8 Å². The summed E-state index contributed by atoms with van der Waals surface area (Å²) >= 11 is 6.02. The minimum absolute atomic E-state index is 0.143. The number of benzene rings is 1. The van der Waals surface area contributed by atoms with E-state index >= 15 is 0 Å². The van der Waals surface area contributed by atoms with Crippen molar-refractivity contribution in [3.05, 3.63) is 40.7 Å². The Bertz CT molecular complexity index is 704. The summed E-state index contributed by atoms with van der Waals surface area (Å²) in [6, 6.07) is 7.58. The number of carbonyl (C=O) groups is 1. The Balaban J connectivity index is 1.75. The molecule has 1 amide bonds. The van der Waals surface area contributed by atoms with E-state index in [2.05, 4.69) is 22.6 Å². The summed E-state index contributed by atoms with van der Waals surface area (Å²) < 4.78 is 1.64. The van der Waals surface area contributed by atoms with E-state index in [4.69, 9.17) is 11.6 Å². The molecule has 1 heterocycles. The molecule has 122 valence electrons. The molecule has 1 aromatic carbocycles. The second kappa shape index (κ2) is 6.71. The predicted octanol–water partition coefficient (Wildman–Crippen LogP) is 3.54. The van der Waals surface area contributed by atoms with E-state index in [-0.39, 0.29) is 11.9 Å². The van der Waals surface area contributed by atoms with Crippen LogP contribution in [0.2, 0.25) is 5.02 Å². The molecule has 1 fully saturated rings. The normalized spacial score (nSPS) is 21.2. The monoisotopic (exact) mass is 332 g/mol. The average Bonchev–Trinajstić information content (AvgIpc) is 2.91. The van der Waals surface area contributed by atoms with Crippen LogP contribution < -0.4 is 5.32 Å². The summed E-state index contributed by atoms with van der Waals surface area (Å²) in [6.07, 6.45) is 4.40. The molecule has 0 bridgehead atoms. The molecule has 2 aromatic rings. The fraction of sp³-hybridized carbons (Fsp3) is 0.471. The number of nitrogens with one attached hydrogen (secondary N) is 1. The highest BCUT2D eigenvalue weighted by molar-refractivity contribution is 6.30. The Labute approximate surface area is 141 Å². The van der Waals surface area contributed by atoms with Crippen molar-refractivity contribution in [2.75, 3.05) is 0 Å². The van der Waals surface area contributed by atoms with Gasteiger partial charge in [0.25, 0.3) is 5.91 Å². The van der Waals surface area contributed by atoms with Gasteiger partial charge in [0.2, 0.25) is 0 Å². The molecule has 0 aliphatic heterocycles. The van der Waals surface area contributed by atoms with Crippen LogP contribution in [0.15, 0.2) is 24.3 Å². The summed E-state index contributed by atoms with van der Waals surface area (Å²) in [5, 5.41) is 11.9.